The molecule has 0 aliphatic heterocycles. The van der Waals surface area contributed by atoms with Crippen molar-refractivity contribution in [3.8, 4) is 5.69 Å². The lowest BCUT2D eigenvalue weighted by atomic mass is 10.0. The smallest absolute Gasteiger partial charge is 0.214 e. The highest BCUT2D eigenvalue weighted by molar-refractivity contribution is 8.00. The third-order valence-electron chi connectivity index (χ3n) is 4.20. The predicted molar refractivity (Wildman–Crippen MR) is 104 cm³/mol. The van der Waals surface area contributed by atoms with Crippen LogP contribution >= 0.6 is 23.4 Å². The fourth-order valence-electron chi connectivity index (χ4n) is 2.94. The van der Waals surface area contributed by atoms with E-state index in [9.17, 15) is 9.59 Å². The quantitative estimate of drug-likeness (QED) is 0.496. The molecule has 0 fully saturated rings. The van der Waals surface area contributed by atoms with Gasteiger partial charge in [-0.2, -0.15) is 4.68 Å². The average molecular weight is 404 g/mol. The van der Waals surface area contributed by atoms with Crippen molar-refractivity contribution in [3.63, 3.8) is 0 Å². The molecule has 0 bridgehead atoms. The van der Waals surface area contributed by atoms with Crippen molar-refractivity contribution in [2.24, 2.45) is 0 Å². The second kappa shape index (κ2) is 7.66. The molecule has 0 saturated heterocycles. The minimum absolute atomic E-state index is 0.0627. The van der Waals surface area contributed by atoms with E-state index in [1.54, 1.807) is 49.7 Å². The van der Waals surface area contributed by atoms with Crippen molar-refractivity contribution in [3.05, 3.63) is 51.8 Å². The van der Waals surface area contributed by atoms with Gasteiger partial charge in [-0.3, -0.25) is 9.59 Å². The Kier molecular flexibility index (Phi) is 5.48. The minimum Gasteiger partial charge on any atom is -0.355 e. The van der Waals surface area contributed by atoms with Gasteiger partial charge in [-0.15, -0.1) is 5.10 Å². The molecule has 0 radical (unpaired) electrons. The molecular weight excluding hydrogens is 386 g/mol. The number of carbonyl (C=O) groups excluding carboxylic acids is 2. The standard InChI is InChI=1S/C18H18ClN5O2S/c1-9-15(11(3)25)10(2)20-16(9)17(26)12(4)27-18-21-22-23-24(18)14-7-5-13(19)6-8-14/h5-8,12,20H,1-4H3/t12-/m1/s1. The monoisotopic (exact) mass is 403 g/mol. The molecule has 2 heterocycles. The molecule has 7 nitrogen and oxygen atoms in total. The fraction of sp³-hybridized carbons (Fsp3) is 0.278. The highest BCUT2D eigenvalue weighted by Gasteiger charge is 2.26. The van der Waals surface area contributed by atoms with Gasteiger partial charge in [0.15, 0.2) is 11.6 Å². The number of nitrogens with one attached hydrogen (secondary N) is 1. The zero-order valence-corrected chi connectivity index (χ0v) is 16.9. The zero-order valence-electron chi connectivity index (χ0n) is 15.3. The number of H-pyrrole nitrogens is 1. The van der Waals surface area contributed by atoms with Gasteiger partial charge in [-0.1, -0.05) is 23.4 Å². The van der Waals surface area contributed by atoms with Crippen LogP contribution < -0.4 is 0 Å². The van der Waals surface area contributed by atoms with Crippen molar-refractivity contribution in [2.75, 3.05) is 0 Å². The summed E-state index contributed by atoms with van der Waals surface area (Å²) in [5.41, 5.74) is 3.14. The van der Waals surface area contributed by atoms with Crippen LogP contribution in [0.2, 0.25) is 5.02 Å². The third kappa shape index (κ3) is 3.81. The number of carbonyl (C=O) groups is 2. The van der Waals surface area contributed by atoms with Crippen LogP contribution in [0, 0.1) is 13.8 Å². The summed E-state index contributed by atoms with van der Waals surface area (Å²) in [4.78, 5) is 27.8. The fourth-order valence-corrected chi connectivity index (χ4v) is 3.93. The first kappa shape index (κ1) is 19.3. The van der Waals surface area contributed by atoms with Gasteiger partial charge in [0.2, 0.25) is 5.16 Å². The largest absolute Gasteiger partial charge is 0.355 e. The molecule has 9 heteroatoms. The molecule has 0 unspecified atom stereocenters. The number of aryl methyl sites for hydroxylation is 1. The van der Waals surface area contributed by atoms with Crippen LogP contribution in [0.3, 0.4) is 0 Å². The maximum Gasteiger partial charge on any atom is 0.214 e. The summed E-state index contributed by atoms with van der Waals surface area (Å²) in [7, 11) is 0. The van der Waals surface area contributed by atoms with Crippen LogP contribution in [0.4, 0.5) is 0 Å². The first-order valence-electron chi connectivity index (χ1n) is 8.25. The number of hydrogen-bond acceptors (Lipinski definition) is 6. The van der Waals surface area contributed by atoms with Gasteiger partial charge in [-0.25, -0.2) is 0 Å². The Morgan fingerprint density at radius 2 is 1.89 bits per heavy atom. The number of tetrazole rings is 1. The van der Waals surface area contributed by atoms with Crippen molar-refractivity contribution in [1.82, 2.24) is 25.2 Å². The number of thioether (sulfide) groups is 1. The summed E-state index contributed by atoms with van der Waals surface area (Å²) in [5, 5.41) is 12.4. The molecule has 0 aliphatic carbocycles. The van der Waals surface area contributed by atoms with E-state index < -0.39 is 5.25 Å². The van der Waals surface area contributed by atoms with Gasteiger partial charge in [0.1, 0.15) is 0 Å². The molecule has 0 aliphatic rings. The van der Waals surface area contributed by atoms with Gasteiger partial charge >= 0.3 is 0 Å². The summed E-state index contributed by atoms with van der Waals surface area (Å²) in [6.07, 6.45) is 0. The average Bonchev–Trinajstić information content (AvgIpc) is 3.18. The van der Waals surface area contributed by atoms with E-state index >= 15 is 0 Å². The first-order chi connectivity index (χ1) is 12.8. The molecular formula is C18H18ClN5O2S. The Morgan fingerprint density at radius 3 is 2.48 bits per heavy atom. The van der Waals surface area contributed by atoms with E-state index in [4.69, 9.17) is 11.6 Å². The van der Waals surface area contributed by atoms with Crippen LogP contribution in [0.1, 0.15) is 46.0 Å². The first-order valence-corrected chi connectivity index (χ1v) is 9.50. The van der Waals surface area contributed by atoms with E-state index in [2.05, 4.69) is 20.5 Å². The van der Waals surface area contributed by atoms with Crippen molar-refractivity contribution < 1.29 is 9.59 Å². The molecule has 0 spiro atoms. The topological polar surface area (TPSA) is 93.5 Å². The Bertz CT molecular complexity index is 1010. The van der Waals surface area contributed by atoms with Gasteiger partial charge in [0, 0.05) is 16.3 Å². The number of aromatic amines is 1. The van der Waals surface area contributed by atoms with E-state index in [-0.39, 0.29) is 11.6 Å². The normalized spacial score (nSPS) is 12.2. The lowest BCUT2D eigenvalue weighted by molar-refractivity contribution is 0.0988. The molecule has 1 aromatic carbocycles. The third-order valence-corrected chi connectivity index (χ3v) is 5.48. The number of benzene rings is 1. The van der Waals surface area contributed by atoms with E-state index in [1.807, 2.05) is 0 Å². The van der Waals surface area contributed by atoms with Gasteiger partial charge < -0.3 is 4.98 Å². The van der Waals surface area contributed by atoms with Gasteiger partial charge in [0.05, 0.1) is 16.6 Å². The number of aromatic nitrogens is 5. The number of rotatable bonds is 6. The van der Waals surface area contributed by atoms with Gasteiger partial charge in [-0.05, 0) is 68.0 Å². The number of halogens is 1. The van der Waals surface area contributed by atoms with E-state index in [0.717, 1.165) is 5.69 Å². The van der Waals surface area contributed by atoms with Crippen molar-refractivity contribution in [2.45, 2.75) is 38.1 Å². The number of hydrogen-bond donors (Lipinski definition) is 1. The highest BCUT2D eigenvalue weighted by atomic mass is 35.5. The Hall–Kier alpha value is -2.45. The Morgan fingerprint density at radius 1 is 1.22 bits per heavy atom. The molecule has 3 aromatic rings. The Balaban J connectivity index is 1.85. The van der Waals surface area contributed by atoms with E-state index in [1.165, 1.54) is 18.7 Å². The molecule has 3 rings (SSSR count). The molecule has 27 heavy (non-hydrogen) atoms. The SMILES string of the molecule is CC(=O)c1c(C)[nH]c(C(=O)[C@@H](C)Sc2nnnn2-c2ccc(Cl)cc2)c1C. The lowest BCUT2D eigenvalue weighted by Gasteiger charge is -2.10. The second-order valence-electron chi connectivity index (χ2n) is 6.16. The number of ketones is 2. The minimum atomic E-state index is -0.446. The van der Waals surface area contributed by atoms with Crippen molar-refractivity contribution in [1.29, 1.82) is 0 Å². The molecule has 0 amide bonds. The molecule has 1 atom stereocenters. The summed E-state index contributed by atoms with van der Waals surface area (Å²) in [5.74, 6) is -0.175. The van der Waals surface area contributed by atoms with Crippen LogP contribution in [0.25, 0.3) is 5.69 Å². The Labute approximate surface area is 165 Å². The second-order valence-corrected chi connectivity index (χ2v) is 7.90. The summed E-state index contributed by atoms with van der Waals surface area (Å²) in [6.45, 7) is 6.86. The van der Waals surface area contributed by atoms with Crippen LogP contribution in [-0.2, 0) is 0 Å². The zero-order chi connectivity index (χ0) is 19.7. The summed E-state index contributed by atoms with van der Waals surface area (Å²) in [6, 6.07) is 7.09. The van der Waals surface area contributed by atoms with E-state index in [0.29, 0.717) is 32.7 Å². The maximum atomic E-state index is 12.9. The molecule has 140 valence electrons. The molecule has 2 aromatic heterocycles. The summed E-state index contributed by atoms with van der Waals surface area (Å²) < 4.78 is 1.55. The summed E-state index contributed by atoms with van der Waals surface area (Å²) >= 11 is 7.17. The van der Waals surface area contributed by atoms with Crippen LogP contribution in [0.5, 0.6) is 0 Å². The predicted octanol–water partition coefficient (Wildman–Crippen LogP) is 3.83. The molecule has 0 saturated carbocycles. The number of nitrogens with zero attached hydrogens (tertiary/aromatic N) is 4. The highest BCUT2D eigenvalue weighted by Crippen LogP contribution is 2.28. The van der Waals surface area contributed by atoms with Crippen molar-refractivity contribution >= 4 is 34.9 Å². The number of Topliss-reactive ketones (excluding diaryl/α,β-unsaturated/α-hetero) is 2. The lowest BCUT2D eigenvalue weighted by Crippen LogP contribution is -2.16. The van der Waals surface area contributed by atoms with Crippen LogP contribution in [0.15, 0.2) is 29.4 Å². The van der Waals surface area contributed by atoms with Gasteiger partial charge in [0.25, 0.3) is 0 Å². The molecule has 1 N–H and O–H groups in total. The maximum absolute atomic E-state index is 12.9. The van der Waals surface area contributed by atoms with Crippen LogP contribution in [-0.4, -0.2) is 42.0 Å².